The van der Waals surface area contributed by atoms with Crippen LogP contribution < -0.4 is 15.8 Å². The van der Waals surface area contributed by atoms with Crippen molar-refractivity contribution in [1.29, 1.82) is 0 Å². The number of nitrogens with one attached hydrogen (secondary N) is 2. The Bertz CT molecular complexity index is 979. The van der Waals surface area contributed by atoms with Gasteiger partial charge in [0, 0.05) is 26.1 Å². The summed E-state index contributed by atoms with van der Waals surface area (Å²) in [7, 11) is 1.66. The number of anilines is 1. The van der Waals surface area contributed by atoms with Crippen LogP contribution in [-0.4, -0.2) is 40.8 Å². The lowest BCUT2D eigenvalue weighted by Crippen LogP contribution is -2.50. The van der Waals surface area contributed by atoms with Crippen LogP contribution in [0.3, 0.4) is 0 Å². The standard InChI is InChI=1S/C19H18N4O6/c1-22-10-2-3-14(22)18(27)20-16(25)11-29-19(28)12-4-6-13(7-5-12)23-17(26)9-8-15(24)21-23/h2-7,10H,8-9,11H2,1H3,(H,21,24)(H,20,25,27). The molecule has 1 saturated heterocycles. The molecule has 4 amide bonds. The predicted molar refractivity (Wildman–Crippen MR) is 99.5 cm³/mol. The maximum atomic E-state index is 12.1. The summed E-state index contributed by atoms with van der Waals surface area (Å²) < 4.78 is 6.45. The molecule has 3 rings (SSSR count). The Morgan fingerprint density at radius 2 is 1.83 bits per heavy atom. The average Bonchev–Trinajstić information content (AvgIpc) is 3.14. The number of carbonyl (C=O) groups excluding carboxylic acids is 5. The maximum absolute atomic E-state index is 12.1. The molecule has 0 saturated carbocycles. The molecule has 1 aromatic heterocycles. The number of hydrazine groups is 1. The summed E-state index contributed by atoms with van der Waals surface area (Å²) in [5, 5.41) is 3.25. The first-order valence-corrected chi connectivity index (χ1v) is 8.70. The lowest BCUT2D eigenvalue weighted by molar-refractivity contribution is -0.130. The molecular weight excluding hydrogens is 380 g/mol. The zero-order valence-electron chi connectivity index (χ0n) is 15.5. The minimum Gasteiger partial charge on any atom is -0.452 e. The van der Waals surface area contributed by atoms with Crippen molar-refractivity contribution in [2.24, 2.45) is 7.05 Å². The fourth-order valence-corrected chi connectivity index (χ4v) is 2.67. The third-order valence-corrected chi connectivity index (χ3v) is 4.18. The number of aromatic nitrogens is 1. The van der Waals surface area contributed by atoms with Gasteiger partial charge in [-0.2, -0.15) is 0 Å². The van der Waals surface area contributed by atoms with Crippen molar-refractivity contribution in [2.45, 2.75) is 12.8 Å². The number of imide groups is 1. The zero-order chi connectivity index (χ0) is 21.0. The Balaban J connectivity index is 1.53. The minimum atomic E-state index is -0.771. The van der Waals surface area contributed by atoms with Gasteiger partial charge in [-0.05, 0) is 36.4 Å². The van der Waals surface area contributed by atoms with Gasteiger partial charge in [0.05, 0.1) is 11.3 Å². The van der Waals surface area contributed by atoms with Crippen molar-refractivity contribution < 1.29 is 28.7 Å². The summed E-state index contributed by atoms with van der Waals surface area (Å²) in [5.74, 6) is -2.67. The molecule has 0 atom stereocenters. The summed E-state index contributed by atoms with van der Waals surface area (Å²) >= 11 is 0. The smallest absolute Gasteiger partial charge is 0.338 e. The molecule has 1 aliphatic heterocycles. The number of rotatable bonds is 5. The van der Waals surface area contributed by atoms with Crippen LogP contribution in [0.5, 0.6) is 0 Å². The fourth-order valence-electron chi connectivity index (χ4n) is 2.67. The number of carbonyl (C=O) groups is 5. The molecule has 2 N–H and O–H groups in total. The van der Waals surface area contributed by atoms with Gasteiger partial charge in [-0.1, -0.05) is 0 Å². The van der Waals surface area contributed by atoms with E-state index >= 15 is 0 Å². The third kappa shape index (κ3) is 4.67. The molecule has 0 spiro atoms. The highest BCUT2D eigenvalue weighted by Gasteiger charge is 2.24. The first kappa shape index (κ1) is 19.8. The molecule has 29 heavy (non-hydrogen) atoms. The van der Waals surface area contributed by atoms with Crippen LogP contribution in [-0.2, 0) is 26.2 Å². The summed E-state index contributed by atoms with van der Waals surface area (Å²) in [4.78, 5) is 59.2. The van der Waals surface area contributed by atoms with Crippen LogP contribution in [0.25, 0.3) is 0 Å². The van der Waals surface area contributed by atoms with Crippen LogP contribution in [0.2, 0.25) is 0 Å². The Labute approximate surface area is 165 Å². The average molecular weight is 398 g/mol. The lowest BCUT2D eigenvalue weighted by atomic mass is 10.2. The number of nitrogens with zero attached hydrogens (tertiary/aromatic N) is 2. The monoisotopic (exact) mass is 398 g/mol. The van der Waals surface area contributed by atoms with Crippen molar-refractivity contribution >= 4 is 35.3 Å². The quantitative estimate of drug-likeness (QED) is 0.698. The van der Waals surface area contributed by atoms with E-state index < -0.39 is 24.4 Å². The number of aryl methyl sites for hydroxylation is 1. The second kappa shape index (κ2) is 8.38. The highest BCUT2D eigenvalue weighted by molar-refractivity contribution is 6.05. The van der Waals surface area contributed by atoms with Gasteiger partial charge >= 0.3 is 5.97 Å². The van der Waals surface area contributed by atoms with Gasteiger partial charge in [-0.25, -0.2) is 9.80 Å². The predicted octanol–water partition coefficient (Wildman–Crippen LogP) is 0.296. The van der Waals surface area contributed by atoms with Crippen molar-refractivity contribution in [3.63, 3.8) is 0 Å². The molecule has 0 aliphatic carbocycles. The molecule has 1 aromatic carbocycles. The van der Waals surface area contributed by atoms with Crippen molar-refractivity contribution in [1.82, 2.24) is 15.3 Å². The van der Waals surface area contributed by atoms with E-state index in [1.165, 1.54) is 24.3 Å². The lowest BCUT2D eigenvalue weighted by Gasteiger charge is -2.27. The fraction of sp³-hybridized carbons (Fsp3) is 0.211. The van der Waals surface area contributed by atoms with E-state index in [-0.39, 0.29) is 30.2 Å². The molecule has 0 radical (unpaired) electrons. The number of hydrogen-bond acceptors (Lipinski definition) is 6. The largest absolute Gasteiger partial charge is 0.452 e. The van der Waals surface area contributed by atoms with Gasteiger partial charge in [0.25, 0.3) is 11.8 Å². The molecule has 10 nitrogen and oxygen atoms in total. The third-order valence-electron chi connectivity index (χ3n) is 4.18. The molecule has 1 aliphatic rings. The Kier molecular flexibility index (Phi) is 5.72. The van der Waals surface area contributed by atoms with Gasteiger partial charge in [-0.15, -0.1) is 0 Å². The molecule has 0 bridgehead atoms. The van der Waals surface area contributed by atoms with E-state index in [4.69, 9.17) is 4.74 Å². The number of ether oxygens (including phenoxy) is 1. The van der Waals surface area contributed by atoms with Crippen LogP contribution in [0.4, 0.5) is 5.69 Å². The van der Waals surface area contributed by atoms with E-state index in [1.54, 1.807) is 29.9 Å². The van der Waals surface area contributed by atoms with Crippen molar-refractivity contribution in [2.75, 3.05) is 11.6 Å². The minimum absolute atomic E-state index is 0.103. The number of hydrogen-bond donors (Lipinski definition) is 2. The molecule has 150 valence electrons. The summed E-state index contributed by atoms with van der Waals surface area (Å²) in [6.07, 6.45) is 1.90. The summed E-state index contributed by atoms with van der Waals surface area (Å²) in [6, 6.07) is 8.95. The maximum Gasteiger partial charge on any atom is 0.338 e. The van der Waals surface area contributed by atoms with E-state index in [0.29, 0.717) is 11.4 Å². The number of benzene rings is 1. The SMILES string of the molecule is Cn1cccc1C(=O)NC(=O)COC(=O)c1ccc(N2NC(=O)CCC2=O)cc1. The molecule has 10 heteroatoms. The molecule has 2 aromatic rings. The molecular formula is C19H18N4O6. The van der Waals surface area contributed by atoms with Gasteiger partial charge in [0.2, 0.25) is 11.8 Å². The molecule has 1 fully saturated rings. The second-order valence-corrected chi connectivity index (χ2v) is 6.27. The first-order chi connectivity index (χ1) is 13.8. The van der Waals surface area contributed by atoms with Gasteiger partial charge in [-0.3, -0.25) is 29.9 Å². The zero-order valence-corrected chi connectivity index (χ0v) is 15.5. The summed E-state index contributed by atoms with van der Waals surface area (Å²) in [6.45, 7) is -0.628. The van der Waals surface area contributed by atoms with Crippen LogP contribution in [0.15, 0.2) is 42.6 Å². The highest BCUT2D eigenvalue weighted by atomic mass is 16.5. The van der Waals surface area contributed by atoms with Crippen LogP contribution in [0, 0.1) is 0 Å². The van der Waals surface area contributed by atoms with Crippen molar-refractivity contribution in [3.8, 4) is 0 Å². The van der Waals surface area contributed by atoms with E-state index in [0.717, 1.165) is 5.01 Å². The van der Waals surface area contributed by atoms with Gasteiger partial charge in [0.15, 0.2) is 6.61 Å². The van der Waals surface area contributed by atoms with Gasteiger partial charge < -0.3 is 9.30 Å². The summed E-state index contributed by atoms with van der Waals surface area (Å²) in [5.41, 5.74) is 3.28. The van der Waals surface area contributed by atoms with Gasteiger partial charge in [0.1, 0.15) is 5.69 Å². The topological polar surface area (TPSA) is 127 Å². The molecule has 2 heterocycles. The van der Waals surface area contributed by atoms with E-state index in [2.05, 4.69) is 10.7 Å². The van der Waals surface area contributed by atoms with Crippen molar-refractivity contribution in [3.05, 3.63) is 53.9 Å². The number of amides is 4. The second-order valence-electron chi connectivity index (χ2n) is 6.27. The molecule has 0 unspecified atom stereocenters. The highest BCUT2D eigenvalue weighted by Crippen LogP contribution is 2.18. The van der Waals surface area contributed by atoms with Crippen LogP contribution in [0.1, 0.15) is 33.7 Å². The van der Waals surface area contributed by atoms with Crippen LogP contribution >= 0.6 is 0 Å². The van der Waals surface area contributed by atoms with E-state index in [9.17, 15) is 24.0 Å². The Hall–Kier alpha value is -3.95. The Morgan fingerprint density at radius 3 is 2.48 bits per heavy atom. The van der Waals surface area contributed by atoms with E-state index in [1.807, 2.05) is 0 Å². The Morgan fingerprint density at radius 1 is 1.10 bits per heavy atom. The number of esters is 1. The normalized spacial score (nSPS) is 13.6. The first-order valence-electron chi connectivity index (χ1n) is 8.70.